The minimum absolute atomic E-state index is 0.0524. The van der Waals surface area contributed by atoms with Gasteiger partial charge < -0.3 is 5.11 Å². The van der Waals surface area contributed by atoms with E-state index in [1.807, 2.05) is 6.92 Å². The van der Waals surface area contributed by atoms with Crippen LogP contribution in [-0.4, -0.2) is 10.7 Å². The molecule has 0 aromatic carbocycles. The zero-order valence-corrected chi connectivity index (χ0v) is 10.2. The maximum absolute atomic E-state index is 10.6. The fraction of sp³-hybridized carbons (Fsp3) is 0.846. The summed E-state index contributed by atoms with van der Waals surface area (Å²) in [5.41, 5.74) is 0.553. The minimum atomic E-state index is -0.641. The van der Waals surface area contributed by atoms with Gasteiger partial charge in [-0.2, -0.15) is 0 Å². The molecule has 82 valence electrons. The highest BCUT2D eigenvalue weighted by Crippen LogP contribution is 2.45. The van der Waals surface area contributed by atoms with Gasteiger partial charge in [-0.05, 0) is 43.1 Å². The predicted molar refractivity (Wildman–Crippen MR) is 61.2 cm³/mol. The molecule has 1 N–H and O–H groups in total. The van der Waals surface area contributed by atoms with Crippen LogP contribution < -0.4 is 0 Å². The highest BCUT2D eigenvalue weighted by atomic mass is 16.3. The van der Waals surface area contributed by atoms with Crippen molar-refractivity contribution in [1.29, 1.82) is 0 Å². The number of hydrogen-bond acceptors (Lipinski definition) is 1. The van der Waals surface area contributed by atoms with Gasteiger partial charge in [0.1, 0.15) is 0 Å². The van der Waals surface area contributed by atoms with Crippen LogP contribution in [0.5, 0.6) is 0 Å². The first-order valence-corrected chi connectivity index (χ1v) is 5.72. The van der Waals surface area contributed by atoms with Crippen LogP contribution >= 0.6 is 0 Å². The number of allylic oxidation sites excluding steroid dienone is 1. The molecule has 1 aliphatic rings. The largest absolute Gasteiger partial charge is 0.385 e. The van der Waals surface area contributed by atoms with Crippen molar-refractivity contribution in [2.24, 2.45) is 11.3 Å². The van der Waals surface area contributed by atoms with E-state index in [4.69, 9.17) is 0 Å². The summed E-state index contributed by atoms with van der Waals surface area (Å²) >= 11 is 0. The van der Waals surface area contributed by atoms with Crippen LogP contribution in [0.15, 0.2) is 11.6 Å². The van der Waals surface area contributed by atoms with Crippen molar-refractivity contribution in [2.75, 3.05) is 0 Å². The van der Waals surface area contributed by atoms with Crippen molar-refractivity contribution >= 4 is 0 Å². The third kappa shape index (κ3) is 1.75. The quantitative estimate of drug-likeness (QED) is 0.685. The smallest absolute Gasteiger partial charge is 0.0881 e. The molecule has 0 amide bonds. The molecule has 14 heavy (non-hydrogen) atoms. The Morgan fingerprint density at radius 2 is 1.86 bits per heavy atom. The Kier molecular flexibility index (Phi) is 3.10. The molecule has 0 spiro atoms. The van der Waals surface area contributed by atoms with Gasteiger partial charge in [-0.15, -0.1) is 0 Å². The summed E-state index contributed by atoms with van der Waals surface area (Å²) in [5.74, 6) is 0.485. The zero-order chi connectivity index (χ0) is 11.0. The molecule has 0 bridgehead atoms. The maximum atomic E-state index is 10.6. The molecule has 1 atom stereocenters. The van der Waals surface area contributed by atoms with Crippen molar-refractivity contribution in [1.82, 2.24) is 0 Å². The van der Waals surface area contributed by atoms with Crippen LogP contribution in [-0.2, 0) is 0 Å². The molecular formula is C13H24O. The fourth-order valence-electron chi connectivity index (χ4n) is 2.09. The Bertz CT molecular complexity index is 234. The Morgan fingerprint density at radius 1 is 1.29 bits per heavy atom. The highest BCUT2D eigenvalue weighted by Gasteiger charge is 2.44. The highest BCUT2D eigenvalue weighted by molar-refractivity contribution is 5.23. The molecule has 0 heterocycles. The maximum Gasteiger partial charge on any atom is 0.0881 e. The predicted octanol–water partition coefficient (Wildman–Crippen LogP) is 3.53. The third-order valence-corrected chi connectivity index (χ3v) is 4.36. The fourth-order valence-corrected chi connectivity index (χ4v) is 2.09. The zero-order valence-electron chi connectivity index (χ0n) is 10.2. The van der Waals surface area contributed by atoms with Crippen LogP contribution in [0.4, 0.5) is 0 Å². The van der Waals surface area contributed by atoms with E-state index < -0.39 is 5.60 Å². The van der Waals surface area contributed by atoms with Crippen molar-refractivity contribution in [2.45, 2.75) is 59.5 Å². The summed E-state index contributed by atoms with van der Waals surface area (Å²) in [6.45, 7) is 10.7. The van der Waals surface area contributed by atoms with Crippen LogP contribution in [0.1, 0.15) is 53.9 Å². The first kappa shape index (κ1) is 11.8. The van der Waals surface area contributed by atoms with Crippen LogP contribution in [0.25, 0.3) is 0 Å². The monoisotopic (exact) mass is 196 g/mol. The van der Waals surface area contributed by atoms with Gasteiger partial charge in [0.15, 0.2) is 0 Å². The lowest BCUT2D eigenvalue weighted by Crippen LogP contribution is -2.46. The average molecular weight is 196 g/mol. The van der Waals surface area contributed by atoms with Gasteiger partial charge in [0, 0.05) is 0 Å². The molecule has 1 rings (SSSR count). The second kappa shape index (κ2) is 3.69. The molecule has 1 aliphatic carbocycles. The summed E-state index contributed by atoms with van der Waals surface area (Å²) in [6, 6.07) is 0. The van der Waals surface area contributed by atoms with E-state index in [0.717, 1.165) is 12.8 Å². The van der Waals surface area contributed by atoms with Crippen molar-refractivity contribution in [3.63, 3.8) is 0 Å². The Morgan fingerprint density at radius 3 is 2.21 bits per heavy atom. The van der Waals surface area contributed by atoms with E-state index in [2.05, 4.69) is 33.8 Å². The number of aliphatic hydroxyl groups is 1. The van der Waals surface area contributed by atoms with Gasteiger partial charge in [0.25, 0.3) is 0 Å². The number of hydrogen-bond donors (Lipinski definition) is 1. The standard InChI is InChI=1S/C13H24O/c1-10(2)12(3,4)13(5,14)11-8-6-7-9-11/h8,10,14H,6-7,9H2,1-5H3. The van der Waals surface area contributed by atoms with E-state index in [1.165, 1.54) is 12.0 Å². The van der Waals surface area contributed by atoms with Gasteiger partial charge in [-0.3, -0.25) is 0 Å². The van der Waals surface area contributed by atoms with Crippen molar-refractivity contribution in [3.8, 4) is 0 Å². The lowest BCUT2D eigenvalue weighted by Gasteiger charge is -2.44. The topological polar surface area (TPSA) is 20.2 Å². The second-order valence-electron chi connectivity index (χ2n) is 5.57. The first-order chi connectivity index (χ1) is 6.30. The van der Waals surface area contributed by atoms with E-state index >= 15 is 0 Å². The van der Waals surface area contributed by atoms with Crippen molar-refractivity contribution in [3.05, 3.63) is 11.6 Å². The van der Waals surface area contributed by atoms with E-state index in [-0.39, 0.29) is 5.41 Å². The Balaban J connectivity index is 2.93. The molecule has 1 unspecified atom stereocenters. The van der Waals surface area contributed by atoms with E-state index in [1.54, 1.807) is 0 Å². The van der Waals surface area contributed by atoms with E-state index in [9.17, 15) is 5.11 Å². The summed E-state index contributed by atoms with van der Waals surface area (Å²) in [7, 11) is 0. The molecule has 0 aliphatic heterocycles. The van der Waals surface area contributed by atoms with Crippen molar-refractivity contribution < 1.29 is 5.11 Å². The van der Waals surface area contributed by atoms with Gasteiger partial charge in [-0.25, -0.2) is 0 Å². The Labute approximate surface area is 88.2 Å². The van der Waals surface area contributed by atoms with Crippen LogP contribution in [0.2, 0.25) is 0 Å². The second-order valence-corrected chi connectivity index (χ2v) is 5.57. The van der Waals surface area contributed by atoms with Gasteiger partial charge in [-0.1, -0.05) is 33.8 Å². The lowest BCUT2D eigenvalue weighted by atomic mass is 9.65. The Hall–Kier alpha value is -0.300. The van der Waals surface area contributed by atoms with Gasteiger partial charge >= 0.3 is 0 Å². The van der Waals surface area contributed by atoms with Crippen LogP contribution in [0, 0.1) is 11.3 Å². The average Bonchev–Trinajstić information content (AvgIpc) is 2.55. The molecule has 0 aromatic rings. The molecule has 0 fully saturated rings. The molecule has 0 saturated heterocycles. The van der Waals surface area contributed by atoms with Gasteiger partial charge in [0.05, 0.1) is 5.60 Å². The van der Waals surface area contributed by atoms with Crippen LogP contribution in [0.3, 0.4) is 0 Å². The summed E-state index contributed by atoms with van der Waals surface area (Å²) < 4.78 is 0. The molecule has 0 radical (unpaired) electrons. The summed E-state index contributed by atoms with van der Waals surface area (Å²) in [4.78, 5) is 0. The summed E-state index contributed by atoms with van der Waals surface area (Å²) in [5, 5.41) is 10.6. The molecule has 1 nitrogen and oxygen atoms in total. The SMILES string of the molecule is CC(C)C(C)(C)C(C)(O)C1=CCCC1. The normalized spacial score (nSPS) is 22.4. The first-order valence-electron chi connectivity index (χ1n) is 5.72. The molecule has 1 heteroatoms. The summed E-state index contributed by atoms with van der Waals surface area (Å²) in [6.07, 6.45) is 5.65. The lowest BCUT2D eigenvalue weighted by molar-refractivity contribution is -0.0470. The molecule has 0 saturated carbocycles. The third-order valence-electron chi connectivity index (χ3n) is 4.36. The molecular weight excluding hydrogens is 172 g/mol. The number of rotatable bonds is 3. The minimum Gasteiger partial charge on any atom is -0.385 e. The van der Waals surface area contributed by atoms with Gasteiger partial charge in [0.2, 0.25) is 0 Å². The molecule has 0 aromatic heterocycles. The van der Waals surface area contributed by atoms with E-state index in [0.29, 0.717) is 5.92 Å².